The molecule has 1 amide bonds. The summed E-state index contributed by atoms with van der Waals surface area (Å²) >= 11 is 0. The Kier molecular flexibility index (Phi) is 8.78. The maximum absolute atomic E-state index is 12.4. The average molecular weight is 406 g/mol. The van der Waals surface area contributed by atoms with E-state index in [1.807, 2.05) is 0 Å². The molecule has 0 saturated carbocycles. The zero-order chi connectivity index (χ0) is 16.4. The Bertz CT molecular complexity index is 427. The van der Waals surface area contributed by atoms with Crippen LogP contribution in [-0.4, -0.2) is 55.2 Å². The molecule has 3 atom stereocenters. The van der Waals surface area contributed by atoms with Crippen LogP contribution in [0.4, 0.5) is 13.2 Å². The minimum absolute atomic E-state index is 0. The first-order valence-corrected chi connectivity index (χ1v) is 8.69. The molecule has 3 heterocycles. The van der Waals surface area contributed by atoms with Gasteiger partial charge in [0.05, 0.1) is 6.54 Å². The molecular weight excluding hydrogens is 378 g/mol. The molecule has 0 spiro atoms. The highest BCUT2D eigenvalue weighted by atomic mass is 35.5. The van der Waals surface area contributed by atoms with E-state index < -0.39 is 12.7 Å². The van der Waals surface area contributed by atoms with Crippen molar-refractivity contribution in [1.82, 2.24) is 15.5 Å². The minimum Gasteiger partial charge on any atom is -0.356 e. The number of alkyl halides is 3. The van der Waals surface area contributed by atoms with Crippen LogP contribution in [0.15, 0.2) is 0 Å². The quantitative estimate of drug-likeness (QED) is 0.738. The highest BCUT2D eigenvalue weighted by molar-refractivity contribution is 5.85. The van der Waals surface area contributed by atoms with Gasteiger partial charge >= 0.3 is 6.18 Å². The lowest BCUT2D eigenvalue weighted by molar-refractivity contribution is -0.143. The van der Waals surface area contributed by atoms with Gasteiger partial charge in [-0.25, -0.2) is 0 Å². The molecule has 0 aromatic carbocycles. The third-order valence-electron chi connectivity index (χ3n) is 5.41. The molecule has 148 valence electrons. The van der Waals surface area contributed by atoms with E-state index in [2.05, 4.69) is 10.6 Å². The summed E-state index contributed by atoms with van der Waals surface area (Å²) in [6.07, 6.45) is 1.76. The minimum atomic E-state index is -4.13. The summed E-state index contributed by atoms with van der Waals surface area (Å²) in [4.78, 5) is 13.5. The first-order valence-electron chi connectivity index (χ1n) is 8.69. The van der Waals surface area contributed by atoms with Gasteiger partial charge in [0, 0.05) is 31.6 Å². The zero-order valence-electron chi connectivity index (χ0n) is 14.2. The SMILES string of the molecule is Cl.Cl.O=C(CC1CC2CCC(C1)N2)NCC1CCN(CC(F)(F)F)C1. The van der Waals surface area contributed by atoms with Crippen molar-refractivity contribution in [2.45, 2.75) is 56.8 Å². The predicted octanol–water partition coefficient (Wildman–Crippen LogP) is 2.75. The van der Waals surface area contributed by atoms with Gasteiger partial charge in [0.25, 0.3) is 0 Å². The van der Waals surface area contributed by atoms with E-state index in [1.54, 1.807) is 0 Å². The Labute approximate surface area is 159 Å². The van der Waals surface area contributed by atoms with E-state index in [9.17, 15) is 18.0 Å². The van der Waals surface area contributed by atoms with Crippen molar-refractivity contribution < 1.29 is 18.0 Å². The van der Waals surface area contributed by atoms with E-state index in [0.717, 1.165) is 19.3 Å². The highest BCUT2D eigenvalue weighted by Crippen LogP contribution is 2.32. The molecule has 0 aromatic rings. The molecule has 9 heteroatoms. The standard InChI is InChI=1S/C16H26F3N3O.2ClH/c17-16(18,19)10-22-4-3-11(9-22)8-20-15(23)7-12-5-13-1-2-14(6-12)21-13;;/h11-14,21H,1-10H2,(H,20,23);2*1H. The number of piperidine rings is 1. The van der Waals surface area contributed by atoms with Gasteiger partial charge in [0.15, 0.2) is 0 Å². The molecule has 0 aromatic heterocycles. The molecule has 4 nitrogen and oxygen atoms in total. The normalized spacial score (nSPS) is 32.0. The van der Waals surface area contributed by atoms with Crippen LogP contribution in [-0.2, 0) is 4.79 Å². The van der Waals surface area contributed by atoms with Crippen molar-refractivity contribution in [3.63, 3.8) is 0 Å². The van der Waals surface area contributed by atoms with Crippen LogP contribution in [0.25, 0.3) is 0 Å². The molecule has 0 aliphatic carbocycles. The molecule has 3 rings (SSSR count). The largest absolute Gasteiger partial charge is 0.401 e. The molecule has 3 fully saturated rings. The third-order valence-corrected chi connectivity index (χ3v) is 5.41. The Hall–Kier alpha value is -0.240. The number of carbonyl (C=O) groups excluding carboxylic acids is 1. The average Bonchev–Trinajstić information content (AvgIpc) is 3.01. The van der Waals surface area contributed by atoms with Crippen molar-refractivity contribution in [2.24, 2.45) is 11.8 Å². The molecule has 2 N–H and O–H groups in total. The molecule has 3 aliphatic heterocycles. The van der Waals surface area contributed by atoms with Gasteiger partial charge in [0.2, 0.25) is 5.91 Å². The Morgan fingerprint density at radius 2 is 1.72 bits per heavy atom. The summed E-state index contributed by atoms with van der Waals surface area (Å²) in [5, 5.41) is 6.50. The van der Waals surface area contributed by atoms with Crippen LogP contribution in [0.2, 0.25) is 0 Å². The van der Waals surface area contributed by atoms with E-state index in [1.165, 1.54) is 17.7 Å². The van der Waals surface area contributed by atoms with Gasteiger partial charge in [-0.15, -0.1) is 24.8 Å². The van der Waals surface area contributed by atoms with E-state index >= 15 is 0 Å². The lowest BCUT2D eigenvalue weighted by Gasteiger charge is -2.28. The Morgan fingerprint density at radius 1 is 1.08 bits per heavy atom. The first kappa shape index (κ1) is 22.8. The lowest BCUT2D eigenvalue weighted by atomic mass is 9.89. The number of carbonyl (C=O) groups is 1. The van der Waals surface area contributed by atoms with Gasteiger partial charge in [-0.2, -0.15) is 13.2 Å². The van der Waals surface area contributed by atoms with Crippen molar-refractivity contribution in [2.75, 3.05) is 26.2 Å². The molecule has 3 unspecified atom stereocenters. The maximum atomic E-state index is 12.4. The number of nitrogens with zero attached hydrogens (tertiary/aromatic N) is 1. The van der Waals surface area contributed by atoms with Crippen molar-refractivity contribution in [1.29, 1.82) is 0 Å². The fourth-order valence-electron chi connectivity index (χ4n) is 4.41. The monoisotopic (exact) mass is 405 g/mol. The number of amides is 1. The number of fused-ring (bicyclic) bond motifs is 2. The molecule has 25 heavy (non-hydrogen) atoms. The summed E-state index contributed by atoms with van der Waals surface area (Å²) in [6, 6.07) is 1.16. The lowest BCUT2D eigenvalue weighted by Crippen LogP contribution is -2.40. The molecule has 3 saturated heterocycles. The number of likely N-dealkylation sites (tertiary alicyclic amines) is 1. The van der Waals surface area contributed by atoms with E-state index in [0.29, 0.717) is 44.1 Å². The summed E-state index contributed by atoms with van der Waals surface area (Å²) < 4.78 is 37.1. The maximum Gasteiger partial charge on any atom is 0.401 e. The highest BCUT2D eigenvalue weighted by Gasteiger charge is 2.35. The molecule has 3 aliphatic rings. The number of halogens is 5. The predicted molar refractivity (Wildman–Crippen MR) is 95.4 cm³/mol. The molecule has 0 radical (unpaired) electrons. The van der Waals surface area contributed by atoms with Gasteiger partial charge in [-0.1, -0.05) is 0 Å². The van der Waals surface area contributed by atoms with Gasteiger partial charge in [0.1, 0.15) is 0 Å². The van der Waals surface area contributed by atoms with Crippen LogP contribution in [0, 0.1) is 11.8 Å². The van der Waals surface area contributed by atoms with Crippen LogP contribution >= 0.6 is 24.8 Å². The zero-order valence-corrected chi connectivity index (χ0v) is 15.8. The number of hydrogen-bond donors (Lipinski definition) is 2. The number of hydrogen-bond acceptors (Lipinski definition) is 3. The van der Waals surface area contributed by atoms with E-state index in [-0.39, 0.29) is 36.6 Å². The van der Waals surface area contributed by atoms with Crippen molar-refractivity contribution in [3.05, 3.63) is 0 Å². The summed E-state index contributed by atoms with van der Waals surface area (Å²) in [5.74, 6) is 0.662. The van der Waals surface area contributed by atoms with Crippen LogP contribution in [0.3, 0.4) is 0 Å². The first-order chi connectivity index (χ1) is 10.9. The van der Waals surface area contributed by atoms with Gasteiger partial charge < -0.3 is 10.6 Å². The number of nitrogens with one attached hydrogen (secondary N) is 2. The van der Waals surface area contributed by atoms with Gasteiger partial charge in [-0.3, -0.25) is 9.69 Å². The van der Waals surface area contributed by atoms with E-state index in [4.69, 9.17) is 0 Å². The summed E-state index contributed by atoms with van der Waals surface area (Å²) in [5.41, 5.74) is 0. The third kappa shape index (κ3) is 7.12. The topological polar surface area (TPSA) is 44.4 Å². The summed E-state index contributed by atoms with van der Waals surface area (Å²) in [7, 11) is 0. The Balaban J connectivity index is 0.00000156. The second-order valence-corrected chi connectivity index (χ2v) is 7.49. The second-order valence-electron chi connectivity index (χ2n) is 7.49. The number of rotatable bonds is 5. The molecular formula is C16H28Cl2F3N3O. The smallest absolute Gasteiger partial charge is 0.356 e. The fraction of sp³-hybridized carbons (Fsp3) is 0.938. The van der Waals surface area contributed by atoms with Gasteiger partial charge in [-0.05, 0) is 50.5 Å². The van der Waals surface area contributed by atoms with Crippen molar-refractivity contribution in [3.8, 4) is 0 Å². The van der Waals surface area contributed by atoms with Crippen LogP contribution in [0.1, 0.15) is 38.5 Å². The second kappa shape index (κ2) is 9.62. The fourth-order valence-corrected chi connectivity index (χ4v) is 4.41. The summed E-state index contributed by atoms with van der Waals surface area (Å²) in [6.45, 7) is 0.565. The molecule has 2 bridgehead atoms. The van der Waals surface area contributed by atoms with Crippen molar-refractivity contribution >= 4 is 30.7 Å². The Morgan fingerprint density at radius 3 is 2.32 bits per heavy atom. The van der Waals surface area contributed by atoms with Crippen LogP contribution in [0.5, 0.6) is 0 Å². The van der Waals surface area contributed by atoms with Crippen LogP contribution < -0.4 is 10.6 Å².